The zero-order chi connectivity index (χ0) is 21.4. The number of unbranched alkanes of at least 4 members (excludes halogenated alkanes) is 12. The van der Waals surface area contributed by atoms with Crippen molar-refractivity contribution in [1.82, 2.24) is 4.90 Å². The maximum atomic E-state index is 11.0. The Morgan fingerprint density at radius 1 is 0.633 bits per heavy atom. The molecule has 0 heterocycles. The number of carboxylic acids is 1. The van der Waals surface area contributed by atoms with E-state index in [9.17, 15) is 9.90 Å². The SMILES string of the molecule is CCCCC/C=C/CCCCCN(CCCCC/C=C/CCCCC)CC(=O)[O-].[Li+]. The molecule has 0 fully saturated rings. The molecule has 0 saturated carbocycles. The van der Waals surface area contributed by atoms with Gasteiger partial charge in [0.25, 0.3) is 0 Å². The van der Waals surface area contributed by atoms with E-state index in [1.54, 1.807) is 0 Å². The molecule has 0 aliphatic rings. The first-order valence-electron chi connectivity index (χ1n) is 12.4. The summed E-state index contributed by atoms with van der Waals surface area (Å²) in [5.41, 5.74) is 0. The first kappa shape index (κ1) is 31.7. The van der Waals surface area contributed by atoms with Gasteiger partial charge in [0.1, 0.15) is 0 Å². The minimum atomic E-state index is -0.949. The van der Waals surface area contributed by atoms with Crippen molar-refractivity contribution < 1.29 is 28.8 Å². The normalized spacial score (nSPS) is 11.6. The Bertz CT molecular complexity index is 380. The molecule has 0 atom stereocenters. The molecular formula is C26H48LiNO2. The van der Waals surface area contributed by atoms with Crippen LogP contribution in [-0.4, -0.2) is 30.5 Å². The van der Waals surface area contributed by atoms with Gasteiger partial charge >= 0.3 is 18.9 Å². The van der Waals surface area contributed by atoms with Crippen LogP contribution >= 0.6 is 0 Å². The van der Waals surface area contributed by atoms with Crippen molar-refractivity contribution in [2.45, 2.75) is 117 Å². The van der Waals surface area contributed by atoms with Gasteiger partial charge in [0, 0.05) is 6.54 Å². The minimum absolute atomic E-state index is 0. The van der Waals surface area contributed by atoms with Gasteiger partial charge in [-0.1, -0.05) is 76.7 Å². The minimum Gasteiger partial charge on any atom is -0.549 e. The summed E-state index contributed by atoms with van der Waals surface area (Å²) in [6, 6.07) is 0. The van der Waals surface area contributed by atoms with Crippen LogP contribution in [0.4, 0.5) is 0 Å². The van der Waals surface area contributed by atoms with E-state index in [2.05, 4.69) is 43.1 Å². The largest absolute Gasteiger partial charge is 1.00 e. The molecule has 0 unspecified atom stereocenters. The molecule has 3 nitrogen and oxygen atoms in total. The summed E-state index contributed by atoms with van der Waals surface area (Å²) in [5.74, 6) is -0.949. The molecule has 0 bridgehead atoms. The number of aliphatic carboxylic acids is 1. The van der Waals surface area contributed by atoms with E-state index in [-0.39, 0.29) is 25.4 Å². The third-order valence-electron chi connectivity index (χ3n) is 5.32. The molecular weight excluding hydrogens is 365 g/mol. The van der Waals surface area contributed by atoms with Gasteiger partial charge in [-0.2, -0.15) is 0 Å². The molecule has 0 amide bonds. The van der Waals surface area contributed by atoms with Gasteiger partial charge in [0.05, 0.1) is 5.97 Å². The fourth-order valence-corrected chi connectivity index (χ4v) is 3.50. The number of rotatable bonds is 22. The first-order valence-corrected chi connectivity index (χ1v) is 12.4. The zero-order valence-corrected chi connectivity index (χ0v) is 20.5. The average molecular weight is 414 g/mol. The van der Waals surface area contributed by atoms with E-state index in [1.165, 1.54) is 77.0 Å². The molecule has 0 rings (SSSR count). The Morgan fingerprint density at radius 2 is 1.00 bits per heavy atom. The van der Waals surface area contributed by atoms with Crippen LogP contribution in [0.3, 0.4) is 0 Å². The number of nitrogens with zero attached hydrogens (tertiary/aromatic N) is 1. The molecule has 170 valence electrons. The first-order chi connectivity index (χ1) is 14.2. The quantitative estimate of drug-likeness (QED) is 0.155. The summed E-state index contributed by atoms with van der Waals surface area (Å²) >= 11 is 0. The Hall–Kier alpha value is -0.493. The van der Waals surface area contributed by atoms with Crippen molar-refractivity contribution in [2.75, 3.05) is 19.6 Å². The van der Waals surface area contributed by atoms with Gasteiger partial charge in [-0.25, -0.2) is 0 Å². The van der Waals surface area contributed by atoms with Crippen LogP contribution in [-0.2, 0) is 4.79 Å². The van der Waals surface area contributed by atoms with Crippen LogP contribution in [0.25, 0.3) is 0 Å². The standard InChI is InChI=1S/C26H49NO2.Li/c1-3-5-7-9-11-13-15-17-19-21-23-27(25-26(28)29)24-22-20-18-16-14-12-10-8-6-4-2;/h11-14H,3-10,15-25H2,1-2H3,(H,28,29);/q;+1/p-1/b13-11+,14-12+;. The van der Waals surface area contributed by atoms with Crippen LogP contribution in [0, 0.1) is 0 Å². The van der Waals surface area contributed by atoms with Crippen molar-refractivity contribution in [2.24, 2.45) is 0 Å². The summed E-state index contributed by atoms with van der Waals surface area (Å²) in [5, 5.41) is 11.0. The van der Waals surface area contributed by atoms with E-state index in [4.69, 9.17) is 0 Å². The number of allylic oxidation sites excluding steroid dienone is 4. The second kappa shape index (κ2) is 26.5. The Kier molecular flexibility index (Phi) is 28.0. The Labute approximate surface area is 199 Å². The summed E-state index contributed by atoms with van der Waals surface area (Å²) in [6.07, 6.45) is 28.7. The van der Waals surface area contributed by atoms with E-state index in [0.29, 0.717) is 0 Å². The van der Waals surface area contributed by atoms with Crippen molar-refractivity contribution >= 4 is 5.97 Å². The van der Waals surface area contributed by atoms with Gasteiger partial charge in [0.2, 0.25) is 0 Å². The van der Waals surface area contributed by atoms with Crippen molar-refractivity contribution in [3.8, 4) is 0 Å². The fraction of sp³-hybridized carbons (Fsp3) is 0.808. The van der Waals surface area contributed by atoms with Crippen LogP contribution in [0.5, 0.6) is 0 Å². The van der Waals surface area contributed by atoms with Gasteiger partial charge < -0.3 is 9.90 Å². The average Bonchev–Trinajstić information content (AvgIpc) is 2.70. The second-order valence-electron chi connectivity index (χ2n) is 8.28. The van der Waals surface area contributed by atoms with Gasteiger partial charge in [-0.15, -0.1) is 0 Å². The predicted octanol–water partition coefficient (Wildman–Crippen LogP) is 3.44. The maximum Gasteiger partial charge on any atom is 1.00 e. The van der Waals surface area contributed by atoms with E-state index in [1.807, 2.05) is 0 Å². The molecule has 0 aliphatic carbocycles. The molecule has 4 heteroatoms. The van der Waals surface area contributed by atoms with E-state index in [0.717, 1.165) is 38.8 Å². The third-order valence-corrected chi connectivity index (χ3v) is 5.32. The van der Waals surface area contributed by atoms with Gasteiger partial charge in [-0.3, -0.25) is 4.90 Å². The van der Waals surface area contributed by atoms with Crippen LogP contribution in [0.1, 0.15) is 117 Å². The molecule has 0 aromatic rings. The summed E-state index contributed by atoms with van der Waals surface area (Å²) in [7, 11) is 0. The number of carbonyl (C=O) groups is 1. The number of hydrogen-bond donors (Lipinski definition) is 0. The summed E-state index contributed by atoms with van der Waals surface area (Å²) in [4.78, 5) is 13.1. The number of carbonyl (C=O) groups excluding carboxylic acids is 1. The van der Waals surface area contributed by atoms with Gasteiger partial charge in [-0.05, 0) is 77.3 Å². The number of hydrogen-bond acceptors (Lipinski definition) is 3. The zero-order valence-electron chi connectivity index (χ0n) is 20.5. The Morgan fingerprint density at radius 3 is 1.33 bits per heavy atom. The third kappa shape index (κ3) is 25.5. The van der Waals surface area contributed by atoms with Crippen LogP contribution < -0.4 is 24.0 Å². The molecule has 0 radical (unpaired) electrons. The summed E-state index contributed by atoms with van der Waals surface area (Å²) in [6.45, 7) is 6.31. The maximum absolute atomic E-state index is 11.0. The molecule has 0 saturated heterocycles. The smallest absolute Gasteiger partial charge is 0.549 e. The van der Waals surface area contributed by atoms with Crippen molar-refractivity contribution in [3.63, 3.8) is 0 Å². The summed E-state index contributed by atoms with van der Waals surface area (Å²) < 4.78 is 0. The Balaban J connectivity index is 0. The molecule has 0 spiro atoms. The topological polar surface area (TPSA) is 43.4 Å². The van der Waals surface area contributed by atoms with Gasteiger partial charge in [0.15, 0.2) is 0 Å². The molecule has 30 heavy (non-hydrogen) atoms. The molecule has 0 aromatic carbocycles. The number of carboxylic acid groups (broad SMARTS) is 1. The molecule has 0 aliphatic heterocycles. The second-order valence-corrected chi connectivity index (χ2v) is 8.28. The molecule has 0 aromatic heterocycles. The molecule has 0 N–H and O–H groups in total. The van der Waals surface area contributed by atoms with Crippen LogP contribution in [0.15, 0.2) is 24.3 Å². The van der Waals surface area contributed by atoms with E-state index < -0.39 is 5.97 Å². The van der Waals surface area contributed by atoms with Crippen molar-refractivity contribution in [1.29, 1.82) is 0 Å². The van der Waals surface area contributed by atoms with Crippen molar-refractivity contribution in [3.05, 3.63) is 24.3 Å². The van der Waals surface area contributed by atoms with Crippen LogP contribution in [0.2, 0.25) is 0 Å². The monoisotopic (exact) mass is 413 g/mol. The van der Waals surface area contributed by atoms with E-state index >= 15 is 0 Å². The fourth-order valence-electron chi connectivity index (χ4n) is 3.50. The predicted molar refractivity (Wildman–Crippen MR) is 125 cm³/mol.